The number of hydrogen-bond donors (Lipinski definition) is 0. The van der Waals surface area contributed by atoms with E-state index in [0.717, 1.165) is 27.8 Å². The summed E-state index contributed by atoms with van der Waals surface area (Å²) in [6.07, 6.45) is 2.00. The quantitative estimate of drug-likeness (QED) is 0.457. The predicted molar refractivity (Wildman–Crippen MR) is 104 cm³/mol. The van der Waals surface area contributed by atoms with Crippen molar-refractivity contribution in [1.82, 2.24) is 4.98 Å². The molecular formula is C17H21NO3S3. The third-order valence-electron chi connectivity index (χ3n) is 3.02. The van der Waals surface area contributed by atoms with Crippen molar-refractivity contribution in [2.24, 2.45) is 0 Å². The van der Waals surface area contributed by atoms with Crippen molar-refractivity contribution in [2.45, 2.75) is 19.3 Å². The molecule has 0 fully saturated rings. The van der Waals surface area contributed by atoms with Crippen molar-refractivity contribution in [2.75, 3.05) is 24.4 Å². The first-order valence-corrected chi connectivity index (χ1v) is 11.0. The Labute approximate surface area is 155 Å². The second-order valence-corrected chi connectivity index (χ2v) is 7.95. The molecule has 0 spiro atoms. The van der Waals surface area contributed by atoms with Gasteiger partial charge in [-0.2, -0.15) is 11.8 Å². The van der Waals surface area contributed by atoms with E-state index in [1.165, 1.54) is 11.3 Å². The van der Waals surface area contributed by atoms with Gasteiger partial charge in [0.05, 0.1) is 6.61 Å². The first-order chi connectivity index (χ1) is 11.7. The lowest BCUT2D eigenvalue weighted by Gasteiger charge is -2.14. The molecule has 0 aliphatic carbocycles. The molecule has 1 heterocycles. The fourth-order valence-corrected chi connectivity index (χ4v) is 4.43. The van der Waals surface area contributed by atoms with Gasteiger partial charge in [0.2, 0.25) is 0 Å². The van der Waals surface area contributed by atoms with Gasteiger partial charge in [-0.25, -0.2) is 9.78 Å². The van der Waals surface area contributed by atoms with E-state index in [2.05, 4.69) is 11.9 Å². The van der Waals surface area contributed by atoms with Gasteiger partial charge in [-0.3, -0.25) is 0 Å². The van der Waals surface area contributed by atoms with Crippen LogP contribution in [-0.4, -0.2) is 40.8 Å². The maximum Gasteiger partial charge on any atom is 0.358 e. The number of esters is 1. The van der Waals surface area contributed by atoms with Gasteiger partial charge in [-0.1, -0.05) is 6.92 Å². The zero-order valence-corrected chi connectivity index (χ0v) is 16.4. The van der Waals surface area contributed by atoms with E-state index in [-0.39, 0.29) is 11.4 Å². The van der Waals surface area contributed by atoms with Crippen molar-refractivity contribution < 1.29 is 14.3 Å². The first kappa shape index (κ1) is 19.1. The fourth-order valence-electron chi connectivity index (χ4n) is 1.98. The minimum absolute atomic E-state index is 0.131. The SMILES string of the molecule is CCOc1ccc(-c2nc(C(=O)OC(CSC)SCC)cs2)cc1. The number of nitrogens with zero attached hydrogens (tertiary/aromatic N) is 1. The van der Waals surface area contributed by atoms with Crippen LogP contribution in [-0.2, 0) is 4.74 Å². The molecule has 1 aromatic carbocycles. The number of carbonyl (C=O) groups is 1. The lowest BCUT2D eigenvalue weighted by Crippen LogP contribution is -2.18. The molecule has 0 aliphatic heterocycles. The summed E-state index contributed by atoms with van der Waals surface area (Å²) in [7, 11) is 0. The third-order valence-corrected chi connectivity index (χ3v) is 5.73. The van der Waals surface area contributed by atoms with E-state index in [1.807, 2.05) is 37.4 Å². The van der Waals surface area contributed by atoms with Gasteiger partial charge >= 0.3 is 5.97 Å². The van der Waals surface area contributed by atoms with Gasteiger partial charge in [-0.05, 0) is 43.2 Å². The highest BCUT2D eigenvalue weighted by molar-refractivity contribution is 8.02. The summed E-state index contributed by atoms with van der Waals surface area (Å²) in [5.41, 5.74) is 1.20. The van der Waals surface area contributed by atoms with Crippen LogP contribution in [0.25, 0.3) is 10.6 Å². The predicted octanol–water partition coefficient (Wildman–Crippen LogP) is 4.81. The Balaban J connectivity index is 2.04. The van der Waals surface area contributed by atoms with Gasteiger partial charge in [0.25, 0.3) is 0 Å². The van der Waals surface area contributed by atoms with Gasteiger partial charge < -0.3 is 9.47 Å². The topological polar surface area (TPSA) is 48.4 Å². The Morgan fingerprint density at radius 1 is 1.29 bits per heavy atom. The van der Waals surface area contributed by atoms with E-state index >= 15 is 0 Å². The van der Waals surface area contributed by atoms with Crippen LogP contribution in [0, 0.1) is 0 Å². The van der Waals surface area contributed by atoms with Crippen LogP contribution >= 0.6 is 34.9 Å². The number of rotatable bonds is 9. The minimum Gasteiger partial charge on any atom is -0.494 e. The number of hydrogen-bond acceptors (Lipinski definition) is 7. The first-order valence-electron chi connectivity index (χ1n) is 7.68. The van der Waals surface area contributed by atoms with Gasteiger partial charge in [0.15, 0.2) is 11.1 Å². The highest BCUT2D eigenvalue weighted by atomic mass is 32.2. The molecule has 0 saturated heterocycles. The molecule has 0 bridgehead atoms. The largest absolute Gasteiger partial charge is 0.494 e. The third kappa shape index (κ3) is 5.43. The lowest BCUT2D eigenvalue weighted by molar-refractivity contribution is 0.0481. The molecule has 130 valence electrons. The van der Waals surface area contributed by atoms with Crippen LogP contribution in [0.4, 0.5) is 0 Å². The van der Waals surface area contributed by atoms with E-state index in [1.54, 1.807) is 28.9 Å². The Hall–Kier alpha value is -1.18. The maximum absolute atomic E-state index is 12.3. The molecule has 1 atom stereocenters. The van der Waals surface area contributed by atoms with Crippen molar-refractivity contribution in [1.29, 1.82) is 0 Å². The molecule has 0 amide bonds. The van der Waals surface area contributed by atoms with Gasteiger partial charge in [-0.15, -0.1) is 23.1 Å². The molecule has 2 aromatic rings. The minimum atomic E-state index is -0.358. The smallest absolute Gasteiger partial charge is 0.358 e. The zero-order chi connectivity index (χ0) is 17.4. The molecule has 0 saturated carbocycles. The van der Waals surface area contributed by atoms with Crippen molar-refractivity contribution >= 4 is 40.8 Å². The molecule has 2 rings (SSSR count). The molecule has 1 aromatic heterocycles. The number of thioether (sulfide) groups is 2. The van der Waals surface area contributed by atoms with Crippen LogP contribution in [0.1, 0.15) is 24.3 Å². The standard InChI is InChI=1S/C17H21NO3S3/c1-4-20-13-8-6-12(7-9-13)16-18-14(10-24-16)17(19)21-15(11-22-3)23-5-2/h6-10,15H,4-5,11H2,1-3H3. The number of aromatic nitrogens is 1. The van der Waals surface area contributed by atoms with Crippen LogP contribution in [0.2, 0.25) is 0 Å². The summed E-state index contributed by atoms with van der Waals surface area (Å²) in [6.45, 7) is 4.64. The number of carbonyl (C=O) groups excluding carboxylic acids is 1. The average molecular weight is 384 g/mol. The summed E-state index contributed by atoms with van der Waals surface area (Å²) >= 11 is 4.74. The summed E-state index contributed by atoms with van der Waals surface area (Å²) < 4.78 is 11.0. The number of benzene rings is 1. The Morgan fingerprint density at radius 2 is 2.04 bits per heavy atom. The van der Waals surface area contributed by atoms with Crippen LogP contribution in [0.5, 0.6) is 5.75 Å². The van der Waals surface area contributed by atoms with Crippen molar-refractivity contribution in [3.8, 4) is 16.3 Å². The Kier molecular flexibility index (Phi) is 7.94. The molecule has 4 nitrogen and oxygen atoms in total. The van der Waals surface area contributed by atoms with Gasteiger partial charge in [0.1, 0.15) is 10.8 Å². The van der Waals surface area contributed by atoms with Crippen molar-refractivity contribution in [3.05, 3.63) is 35.3 Å². The van der Waals surface area contributed by atoms with E-state index < -0.39 is 0 Å². The van der Waals surface area contributed by atoms with Gasteiger partial charge in [0, 0.05) is 16.7 Å². The summed E-state index contributed by atoms with van der Waals surface area (Å²) in [6, 6.07) is 7.71. The Bertz CT molecular complexity index is 637. The number of ether oxygens (including phenoxy) is 2. The molecule has 24 heavy (non-hydrogen) atoms. The zero-order valence-electron chi connectivity index (χ0n) is 14.0. The van der Waals surface area contributed by atoms with E-state index in [0.29, 0.717) is 12.3 Å². The molecular weight excluding hydrogens is 362 g/mol. The van der Waals surface area contributed by atoms with Crippen molar-refractivity contribution in [3.63, 3.8) is 0 Å². The summed E-state index contributed by atoms with van der Waals surface area (Å²) in [5.74, 6) is 2.16. The van der Waals surface area contributed by atoms with Crippen LogP contribution in [0.15, 0.2) is 29.6 Å². The molecule has 0 aliphatic rings. The van der Waals surface area contributed by atoms with Crippen LogP contribution < -0.4 is 4.74 Å². The fraction of sp³-hybridized carbons (Fsp3) is 0.412. The summed E-state index contributed by atoms with van der Waals surface area (Å²) in [5, 5.41) is 2.55. The highest BCUT2D eigenvalue weighted by Gasteiger charge is 2.18. The highest BCUT2D eigenvalue weighted by Crippen LogP contribution is 2.27. The average Bonchev–Trinajstić information content (AvgIpc) is 3.06. The molecule has 7 heteroatoms. The normalized spacial score (nSPS) is 12.0. The Morgan fingerprint density at radius 3 is 2.67 bits per heavy atom. The molecule has 1 unspecified atom stereocenters. The van der Waals surface area contributed by atoms with E-state index in [9.17, 15) is 4.79 Å². The second-order valence-electron chi connectivity index (χ2n) is 4.74. The summed E-state index contributed by atoms with van der Waals surface area (Å²) in [4.78, 5) is 16.7. The maximum atomic E-state index is 12.3. The lowest BCUT2D eigenvalue weighted by atomic mass is 10.2. The van der Waals surface area contributed by atoms with Crippen LogP contribution in [0.3, 0.4) is 0 Å². The molecule has 0 N–H and O–H groups in total. The van der Waals surface area contributed by atoms with E-state index in [4.69, 9.17) is 9.47 Å². The molecule has 0 radical (unpaired) electrons. The second kappa shape index (κ2) is 9.96. The monoisotopic (exact) mass is 383 g/mol. The number of thiazole rings is 1.